The van der Waals surface area contributed by atoms with Gasteiger partial charge in [0.05, 0.1) is 5.56 Å². The molecule has 1 saturated heterocycles. The number of thioether (sulfide) groups is 1. The van der Waals surface area contributed by atoms with E-state index in [-0.39, 0.29) is 29.3 Å². The maximum absolute atomic E-state index is 13.8. The molecule has 2 aromatic rings. The molecule has 8 heteroatoms. The number of amides is 2. The third-order valence-corrected chi connectivity index (χ3v) is 6.25. The van der Waals surface area contributed by atoms with Crippen molar-refractivity contribution in [1.82, 2.24) is 9.80 Å². The molecule has 172 valence electrons. The van der Waals surface area contributed by atoms with Crippen molar-refractivity contribution in [3.8, 4) is 11.1 Å². The van der Waals surface area contributed by atoms with Gasteiger partial charge in [-0.25, -0.2) is 0 Å². The first kappa shape index (κ1) is 25.9. The number of rotatable bonds is 6. The van der Waals surface area contributed by atoms with Gasteiger partial charge in [0.15, 0.2) is 5.12 Å². The number of benzene rings is 2. The summed E-state index contributed by atoms with van der Waals surface area (Å²) in [4.78, 5) is 41.7. The van der Waals surface area contributed by atoms with Gasteiger partial charge in [0.1, 0.15) is 0 Å². The van der Waals surface area contributed by atoms with E-state index in [2.05, 4.69) is 10.2 Å². The molecule has 32 heavy (non-hydrogen) atoms. The van der Waals surface area contributed by atoms with Crippen LogP contribution >= 0.6 is 24.2 Å². The van der Waals surface area contributed by atoms with Crippen LogP contribution in [0.25, 0.3) is 11.1 Å². The molecular weight excluding hydrogens is 446 g/mol. The van der Waals surface area contributed by atoms with Gasteiger partial charge in [-0.15, -0.1) is 12.4 Å². The molecular formula is C24H30ClN3O3S. The second-order valence-electron chi connectivity index (χ2n) is 7.67. The second kappa shape index (κ2) is 12.0. The number of nitrogens with one attached hydrogen (secondary N) is 1. The fourth-order valence-electron chi connectivity index (χ4n) is 3.60. The van der Waals surface area contributed by atoms with E-state index in [1.807, 2.05) is 54.4 Å². The first-order chi connectivity index (χ1) is 14.9. The average Bonchev–Trinajstić information content (AvgIpc) is 2.78. The second-order valence-corrected chi connectivity index (χ2v) is 8.82. The van der Waals surface area contributed by atoms with Gasteiger partial charge >= 0.3 is 0 Å². The number of hydrogen-bond acceptors (Lipinski definition) is 5. The molecule has 1 aliphatic rings. The molecule has 0 aliphatic carbocycles. The smallest absolute Gasteiger partial charge is 0.254 e. The van der Waals surface area contributed by atoms with Crippen LogP contribution in [0.4, 0.5) is 5.69 Å². The summed E-state index contributed by atoms with van der Waals surface area (Å²) in [6, 6.07) is 13.3. The Morgan fingerprint density at radius 1 is 1.00 bits per heavy atom. The molecule has 1 N–H and O–H groups in total. The summed E-state index contributed by atoms with van der Waals surface area (Å²) in [6.45, 7) is 6.25. The zero-order valence-electron chi connectivity index (χ0n) is 18.7. The predicted octanol–water partition coefficient (Wildman–Crippen LogP) is 4.29. The molecule has 0 spiro atoms. The highest BCUT2D eigenvalue weighted by Crippen LogP contribution is 2.36. The highest BCUT2D eigenvalue weighted by atomic mass is 35.5. The minimum Gasteiger partial charge on any atom is -0.336 e. The number of carbonyl (C=O) groups is 3. The number of likely N-dealkylation sites (N-methyl/N-ethyl adjacent to an activating group) is 1. The SMILES string of the molecule is CCC(=O)Nc1ccc(CSC(C)=O)c(C(=O)N2CCN(C)CC2)c1-c1ccccc1.Cl. The molecule has 0 unspecified atom stereocenters. The normalized spacial score (nSPS) is 13.9. The largest absolute Gasteiger partial charge is 0.336 e. The van der Waals surface area contributed by atoms with E-state index >= 15 is 0 Å². The lowest BCUT2D eigenvalue weighted by molar-refractivity contribution is -0.116. The lowest BCUT2D eigenvalue weighted by Gasteiger charge is -2.33. The number of hydrogen-bond donors (Lipinski definition) is 1. The summed E-state index contributed by atoms with van der Waals surface area (Å²) in [7, 11) is 2.05. The van der Waals surface area contributed by atoms with Crippen LogP contribution < -0.4 is 5.32 Å². The molecule has 1 fully saturated rings. The molecule has 1 heterocycles. The van der Waals surface area contributed by atoms with E-state index in [1.165, 1.54) is 18.7 Å². The Kier molecular flexibility index (Phi) is 9.75. The standard InChI is InChI=1S/C24H29N3O3S.ClH/c1-4-21(29)25-20-11-10-19(16-31-17(2)28)23(22(20)18-8-6-5-7-9-18)24(30)27-14-12-26(3)13-15-27;/h5-11H,4,12-16H2,1-3H3,(H,25,29);1H. The van der Waals surface area contributed by atoms with Crippen molar-refractivity contribution in [2.75, 3.05) is 38.5 Å². The summed E-state index contributed by atoms with van der Waals surface area (Å²) in [5.41, 5.74) is 3.57. The van der Waals surface area contributed by atoms with E-state index in [0.717, 1.165) is 24.2 Å². The number of carbonyl (C=O) groups excluding carboxylic acids is 3. The van der Waals surface area contributed by atoms with E-state index in [9.17, 15) is 14.4 Å². The molecule has 0 saturated carbocycles. The molecule has 0 bridgehead atoms. The Bertz CT molecular complexity index is 960. The van der Waals surface area contributed by atoms with Gasteiger partial charge in [0.25, 0.3) is 5.91 Å². The zero-order chi connectivity index (χ0) is 22.4. The van der Waals surface area contributed by atoms with E-state index < -0.39 is 0 Å². The Labute approximate surface area is 200 Å². The fraction of sp³-hybridized carbons (Fsp3) is 0.375. The highest BCUT2D eigenvalue weighted by Gasteiger charge is 2.27. The Balaban J connectivity index is 0.00000363. The van der Waals surface area contributed by atoms with Crippen LogP contribution in [0.1, 0.15) is 36.2 Å². The van der Waals surface area contributed by atoms with Crippen LogP contribution in [0.5, 0.6) is 0 Å². The molecule has 1 aliphatic heterocycles. The molecule has 0 aromatic heterocycles. The van der Waals surface area contributed by atoms with Gasteiger partial charge < -0.3 is 15.1 Å². The van der Waals surface area contributed by atoms with Gasteiger partial charge in [0.2, 0.25) is 5.91 Å². The number of piperazine rings is 1. The summed E-state index contributed by atoms with van der Waals surface area (Å²) < 4.78 is 0. The van der Waals surface area contributed by atoms with Crippen LogP contribution in [-0.4, -0.2) is 60.0 Å². The molecule has 2 amide bonds. The number of halogens is 1. The number of anilines is 1. The van der Waals surface area contributed by atoms with Crippen molar-refractivity contribution >= 4 is 46.8 Å². The maximum atomic E-state index is 13.8. The minimum atomic E-state index is -0.110. The topological polar surface area (TPSA) is 69.7 Å². The predicted molar refractivity (Wildman–Crippen MR) is 133 cm³/mol. The van der Waals surface area contributed by atoms with Crippen LogP contribution in [0, 0.1) is 0 Å². The van der Waals surface area contributed by atoms with E-state index in [0.29, 0.717) is 42.1 Å². The average molecular weight is 476 g/mol. The zero-order valence-corrected chi connectivity index (χ0v) is 20.4. The van der Waals surface area contributed by atoms with Gasteiger partial charge in [-0.1, -0.05) is 55.1 Å². The monoisotopic (exact) mass is 475 g/mol. The van der Waals surface area contributed by atoms with Gasteiger partial charge in [-0.05, 0) is 24.2 Å². The van der Waals surface area contributed by atoms with Crippen molar-refractivity contribution in [3.05, 3.63) is 53.6 Å². The quantitative estimate of drug-likeness (QED) is 0.674. The van der Waals surface area contributed by atoms with Crippen molar-refractivity contribution in [2.24, 2.45) is 0 Å². The highest BCUT2D eigenvalue weighted by molar-refractivity contribution is 8.12. The lowest BCUT2D eigenvalue weighted by Crippen LogP contribution is -2.47. The summed E-state index contributed by atoms with van der Waals surface area (Å²) in [5, 5.41) is 2.97. The number of nitrogens with zero attached hydrogens (tertiary/aromatic N) is 2. The Morgan fingerprint density at radius 2 is 1.66 bits per heavy atom. The Hall–Kier alpha value is -2.35. The van der Waals surface area contributed by atoms with Crippen LogP contribution in [0.2, 0.25) is 0 Å². The minimum absolute atomic E-state index is 0. The lowest BCUT2D eigenvalue weighted by atomic mass is 9.92. The Morgan fingerprint density at radius 3 is 2.25 bits per heavy atom. The van der Waals surface area contributed by atoms with E-state index in [4.69, 9.17) is 0 Å². The maximum Gasteiger partial charge on any atom is 0.254 e. The fourth-order valence-corrected chi connectivity index (χ4v) is 4.20. The molecule has 0 atom stereocenters. The van der Waals surface area contributed by atoms with Crippen LogP contribution in [0.3, 0.4) is 0 Å². The van der Waals surface area contributed by atoms with E-state index in [1.54, 1.807) is 6.92 Å². The van der Waals surface area contributed by atoms with Crippen LogP contribution in [0.15, 0.2) is 42.5 Å². The van der Waals surface area contributed by atoms with Crippen molar-refractivity contribution in [2.45, 2.75) is 26.0 Å². The van der Waals surface area contributed by atoms with Crippen molar-refractivity contribution in [3.63, 3.8) is 0 Å². The van der Waals surface area contributed by atoms with Crippen LogP contribution in [-0.2, 0) is 15.3 Å². The molecule has 6 nitrogen and oxygen atoms in total. The van der Waals surface area contributed by atoms with Crippen molar-refractivity contribution in [1.29, 1.82) is 0 Å². The third-order valence-electron chi connectivity index (χ3n) is 5.38. The first-order valence-electron chi connectivity index (χ1n) is 10.5. The van der Waals surface area contributed by atoms with Gasteiger partial charge in [-0.3, -0.25) is 14.4 Å². The van der Waals surface area contributed by atoms with Crippen molar-refractivity contribution < 1.29 is 14.4 Å². The molecule has 0 radical (unpaired) electrons. The molecule has 3 rings (SSSR count). The summed E-state index contributed by atoms with van der Waals surface area (Å²) >= 11 is 1.19. The molecule has 2 aromatic carbocycles. The third kappa shape index (κ3) is 6.34. The van der Waals surface area contributed by atoms with Gasteiger partial charge in [-0.2, -0.15) is 0 Å². The summed E-state index contributed by atoms with van der Waals surface area (Å²) in [5.74, 6) is 0.242. The summed E-state index contributed by atoms with van der Waals surface area (Å²) in [6.07, 6.45) is 0.345. The van der Waals surface area contributed by atoms with Gasteiger partial charge in [0, 0.05) is 56.5 Å². The first-order valence-corrected chi connectivity index (χ1v) is 11.5.